The van der Waals surface area contributed by atoms with E-state index >= 15 is 0 Å². The first-order chi connectivity index (χ1) is 9.08. The molecule has 0 atom stereocenters. The molecular formula is C13H15ClN2O3. The van der Waals surface area contributed by atoms with Gasteiger partial charge in [0.05, 0.1) is 24.9 Å². The lowest BCUT2D eigenvalue weighted by molar-refractivity contribution is -0.115. The number of amides is 1. The van der Waals surface area contributed by atoms with Crippen molar-refractivity contribution in [3.8, 4) is 0 Å². The zero-order chi connectivity index (χ0) is 14.3. The van der Waals surface area contributed by atoms with E-state index in [1.807, 2.05) is 0 Å². The molecule has 0 radical (unpaired) electrons. The van der Waals surface area contributed by atoms with Crippen molar-refractivity contribution < 1.29 is 14.3 Å². The predicted molar refractivity (Wildman–Crippen MR) is 74.5 cm³/mol. The number of esters is 1. The number of methoxy groups -OCH3 is 1. The highest BCUT2D eigenvalue weighted by Gasteiger charge is 2.14. The summed E-state index contributed by atoms with van der Waals surface area (Å²) in [6.45, 7) is 4.18. The maximum absolute atomic E-state index is 11.6. The Labute approximate surface area is 116 Å². The summed E-state index contributed by atoms with van der Waals surface area (Å²) in [5, 5.41) is 5.87. The standard InChI is InChI=1S/C13H15ClN2O3/c1-3-6-15-8-12(17)16-11-5-4-9(14)7-10(11)13(18)19-2/h3-5,7,15H,1,6,8H2,2H3,(H,16,17). The van der Waals surface area contributed by atoms with Crippen molar-refractivity contribution in [2.24, 2.45) is 0 Å². The molecule has 5 nitrogen and oxygen atoms in total. The van der Waals surface area contributed by atoms with E-state index in [2.05, 4.69) is 21.9 Å². The highest BCUT2D eigenvalue weighted by molar-refractivity contribution is 6.31. The fourth-order valence-corrected chi connectivity index (χ4v) is 1.56. The fourth-order valence-electron chi connectivity index (χ4n) is 1.39. The van der Waals surface area contributed by atoms with E-state index in [9.17, 15) is 9.59 Å². The summed E-state index contributed by atoms with van der Waals surface area (Å²) in [4.78, 5) is 23.2. The van der Waals surface area contributed by atoms with Gasteiger partial charge in [-0.2, -0.15) is 0 Å². The third-order valence-electron chi connectivity index (χ3n) is 2.24. The van der Waals surface area contributed by atoms with Crippen molar-refractivity contribution in [2.45, 2.75) is 0 Å². The molecule has 0 aliphatic heterocycles. The van der Waals surface area contributed by atoms with E-state index in [1.54, 1.807) is 18.2 Å². The molecule has 0 unspecified atom stereocenters. The van der Waals surface area contributed by atoms with Crippen molar-refractivity contribution >= 4 is 29.2 Å². The van der Waals surface area contributed by atoms with Gasteiger partial charge >= 0.3 is 5.97 Å². The zero-order valence-electron chi connectivity index (χ0n) is 10.5. The Morgan fingerprint density at radius 3 is 2.84 bits per heavy atom. The Balaban J connectivity index is 2.79. The van der Waals surface area contributed by atoms with Gasteiger partial charge in [-0.05, 0) is 18.2 Å². The monoisotopic (exact) mass is 282 g/mol. The normalized spacial score (nSPS) is 9.79. The first-order valence-electron chi connectivity index (χ1n) is 5.57. The van der Waals surface area contributed by atoms with Gasteiger partial charge in [0.2, 0.25) is 5.91 Å². The Bertz CT molecular complexity index is 489. The molecule has 0 saturated heterocycles. The molecule has 0 heterocycles. The number of ether oxygens (including phenoxy) is 1. The van der Waals surface area contributed by atoms with Crippen molar-refractivity contribution in [3.05, 3.63) is 41.4 Å². The quantitative estimate of drug-likeness (QED) is 0.475. The summed E-state index contributed by atoms with van der Waals surface area (Å²) in [7, 11) is 1.26. The molecule has 6 heteroatoms. The first kappa shape index (κ1) is 15.2. The predicted octanol–water partition coefficient (Wildman–Crippen LogP) is 1.84. The number of hydrogen-bond donors (Lipinski definition) is 2. The van der Waals surface area contributed by atoms with Crippen LogP contribution < -0.4 is 10.6 Å². The number of nitrogens with one attached hydrogen (secondary N) is 2. The van der Waals surface area contributed by atoms with Gasteiger partial charge in [0.1, 0.15) is 0 Å². The molecule has 1 aromatic carbocycles. The summed E-state index contributed by atoms with van der Waals surface area (Å²) >= 11 is 5.81. The van der Waals surface area contributed by atoms with Crippen molar-refractivity contribution in [1.29, 1.82) is 0 Å². The van der Waals surface area contributed by atoms with Gasteiger partial charge in [-0.3, -0.25) is 4.79 Å². The Kier molecular flexibility index (Phi) is 6.05. The van der Waals surface area contributed by atoms with E-state index in [-0.39, 0.29) is 18.0 Å². The topological polar surface area (TPSA) is 67.4 Å². The SMILES string of the molecule is C=CCNCC(=O)Nc1ccc(Cl)cc1C(=O)OC. The minimum absolute atomic E-state index is 0.120. The minimum Gasteiger partial charge on any atom is -0.465 e. The fraction of sp³-hybridized carbons (Fsp3) is 0.231. The number of halogens is 1. The molecule has 1 amide bonds. The van der Waals surface area contributed by atoms with Gasteiger partial charge in [-0.1, -0.05) is 17.7 Å². The molecule has 0 saturated carbocycles. The lowest BCUT2D eigenvalue weighted by atomic mass is 10.2. The Morgan fingerprint density at radius 1 is 1.47 bits per heavy atom. The van der Waals surface area contributed by atoms with Crippen LogP contribution in [0.25, 0.3) is 0 Å². The van der Waals surface area contributed by atoms with Gasteiger partial charge in [-0.25, -0.2) is 4.79 Å². The highest BCUT2D eigenvalue weighted by atomic mass is 35.5. The van der Waals surface area contributed by atoms with Crippen LogP contribution in [0.1, 0.15) is 10.4 Å². The number of carbonyl (C=O) groups excluding carboxylic acids is 2. The van der Waals surface area contributed by atoms with E-state index in [1.165, 1.54) is 13.2 Å². The maximum atomic E-state index is 11.6. The van der Waals surface area contributed by atoms with E-state index in [0.717, 1.165) is 0 Å². The van der Waals surface area contributed by atoms with E-state index in [4.69, 9.17) is 11.6 Å². The van der Waals surface area contributed by atoms with Crippen molar-refractivity contribution in [2.75, 3.05) is 25.5 Å². The summed E-state index contributed by atoms with van der Waals surface area (Å²) < 4.78 is 4.63. The number of anilines is 1. The number of rotatable bonds is 6. The lowest BCUT2D eigenvalue weighted by Crippen LogP contribution is -2.28. The summed E-state index contributed by atoms with van der Waals surface area (Å²) in [6.07, 6.45) is 1.65. The summed E-state index contributed by atoms with van der Waals surface area (Å²) in [5.74, 6) is -0.828. The molecule has 1 rings (SSSR count). The Hall–Kier alpha value is -1.85. The van der Waals surface area contributed by atoms with Crippen LogP contribution in [-0.4, -0.2) is 32.1 Å². The van der Waals surface area contributed by atoms with Gasteiger partial charge < -0.3 is 15.4 Å². The van der Waals surface area contributed by atoms with Crippen LogP contribution in [0.4, 0.5) is 5.69 Å². The van der Waals surface area contributed by atoms with Crippen molar-refractivity contribution in [3.63, 3.8) is 0 Å². The number of benzene rings is 1. The van der Waals surface area contributed by atoms with Crippen LogP contribution in [0.2, 0.25) is 5.02 Å². The average Bonchev–Trinajstić information content (AvgIpc) is 2.40. The van der Waals surface area contributed by atoms with Crippen LogP contribution in [0.3, 0.4) is 0 Å². The highest BCUT2D eigenvalue weighted by Crippen LogP contribution is 2.21. The van der Waals surface area contributed by atoms with Gasteiger partial charge in [-0.15, -0.1) is 6.58 Å². The molecule has 19 heavy (non-hydrogen) atoms. The van der Waals surface area contributed by atoms with Gasteiger partial charge in [0, 0.05) is 11.6 Å². The number of hydrogen-bond acceptors (Lipinski definition) is 4. The van der Waals surface area contributed by atoms with E-state index < -0.39 is 5.97 Å². The smallest absolute Gasteiger partial charge is 0.340 e. The third-order valence-corrected chi connectivity index (χ3v) is 2.47. The molecule has 1 aromatic rings. The largest absolute Gasteiger partial charge is 0.465 e. The molecule has 2 N–H and O–H groups in total. The maximum Gasteiger partial charge on any atom is 0.340 e. The van der Waals surface area contributed by atoms with Crippen LogP contribution in [0.5, 0.6) is 0 Å². The third kappa shape index (κ3) is 4.73. The first-order valence-corrected chi connectivity index (χ1v) is 5.95. The second kappa shape index (κ2) is 7.56. The molecule has 0 aromatic heterocycles. The molecule has 102 valence electrons. The summed E-state index contributed by atoms with van der Waals surface area (Å²) in [6, 6.07) is 4.58. The molecule has 0 bridgehead atoms. The van der Waals surface area contributed by atoms with Gasteiger partial charge in [0.15, 0.2) is 0 Å². The Morgan fingerprint density at radius 2 is 2.21 bits per heavy atom. The minimum atomic E-state index is -0.558. The van der Waals surface area contributed by atoms with Crippen LogP contribution >= 0.6 is 11.6 Å². The molecule has 0 fully saturated rings. The van der Waals surface area contributed by atoms with Crippen LogP contribution in [0, 0.1) is 0 Å². The van der Waals surface area contributed by atoms with Crippen molar-refractivity contribution in [1.82, 2.24) is 5.32 Å². The molecule has 0 spiro atoms. The second-order valence-corrected chi connectivity index (χ2v) is 4.09. The average molecular weight is 283 g/mol. The zero-order valence-corrected chi connectivity index (χ0v) is 11.3. The molecular weight excluding hydrogens is 268 g/mol. The lowest BCUT2D eigenvalue weighted by Gasteiger charge is -2.10. The number of carbonyl (C=O) groups is 2. The molecule has 0 aliphatic rings. The summed E-state index contributed by atoms with van der Waals surface area (Å²) in [5.41, 5.74) is 0.578. The molecule has 0 aliphatic carbocycles. The van der Waals surface area contributed by atoms with Crippen LogP contribution in [-0.2, 0) is 9.53 Å². The van der Waals surface area contributed by atoms with Gasteiger partial charge in [0.25, 0.3) is 0 Å². The van der Waals surface area contributed by atoms with Crippen LogP contribution in [0.15, 0.2) is 30.9 Å². The van der Waals surface area contributed by atoms with E-state index in [0.29, 0.717) is 17.3 Å². The second-order valence-electron chi connectivity index (χ2n) is 3.65.